The fourth-order valence-corrected chi connectivity index (χ4v) is 3.21. The molecule has 4 rings (SSSR count). The number of carbonyl (C=O) groups is 1. The number of hydrogen-bond donors (Lipinski definition) is 1. The number of aromatic carboxylic acids is 1. The molecule has 4 aromatic rings. The van der Waals surface area contributed by atoms with Gasteiger partial charge in [0.2, 0.25) is 5.88 Å². The van der Waals surface area contributed by atoms with Gasteiger partial charge < -0.3 is 9.84 Å². The van der Waals surface area contributed by atoms with Crippen LogP contribution >= 0.6 is 0 Å². The molecule has 0 aliphatic rings. The maximum absolute atomic E-state index is 14.0. The van der Waals surface area contributed by atoms with E-state index in [1.54, 1.807) is 36.4 Å². The van der Waals surface area contributed by atoms with Crippen molar-refractivity contribution in [2.45, 2.75) is 12.7 Å². The molecule has 0 saturated carbocycles. The highest BCUT2D eigenvalue weighted by molar-refractivity contribution is 6.06. The van der Waals surface area contributed by atoms with Gasteiger partial charge in [-0.25, -0.2) is 19.2 Å². The summed E-state index contributed by atoms with van der Waals surface area (Å²) in [5.74, 6) is -3.05. The fraction of sp³-hybridized carbons (Fsp3) is 0.143. The number of halogens is 4. The molecule has 0 aliphatic carbocycles. The van der Waals surface area contributed by atoms with E-state index in [0.29, 0.717) is 34.4 Å². The van der Waals surface area contributed by atoms with Crippen LogP contribution in [0.5, 0.6) is 5.88 Å². The number of pyridine rings is 2. The van der Waals surface area contributed by atoms with Crippen LogP contribution in [0.3, 0.4) is 0 Å². The third-order valence-electron chi connectivity index (χ3n) is 4.58. The zero-order valence-corrected chi connectivity index (χ0v) is 16.2. The monoisotopic (exact) mass is 446 g/mol. The minimum Gasteiger partial charge on any atom is -0.476 e. The van der Waals surface area contributed by atoms with Gasteiger partial charge in [-0.05, 0) is 12.1 Å². The fourth-order valence-electron chi connectivity index (χ4n) is 3.21. The van der Waals surface area contributed by atoms with Crippen LogP contribution < -0.4 is 4.74 Å². The number of rotatable bonds is 6. The Bertz CT molecular complexity index is 1290. The molecule has 0 atom stereocenters. The minimum absolute atomic E-state index is 0.0418. The summed E-state index contributed by atoms with van der Waals surface area (Å²) in [4.78, 5) is 19.0. The Kier molecular flexibility index (Phi) is 5.47. The van der Waals surface area contributed by atoms with E-state index in [9.17, 15) is 27.5 Å². The molecule has 164 valence electrons. The second kappa shape index (κ2) is 8.25. The average Bonchev–Trinajstić information content (AvgIpc) is 3.13. The number of hydrogen-bond acceptors (Lipinski definition) is 5. The Morgan fingerprint density at radius 1 is 1.12 bits per heavy atom. The van der Waals surface area contributed by atoms with Crippen molar-refractivity contribution < 1.29 is 32.2 Å². The predicted octanol–water partition coefficient (Wildman–Crippen LogP) is 4.43. The van der Waals surface area contributed by atoms with Gasteiger partial charge >= 0.3 is 12.1 Å². The van der Waals surface area contributed by atoms with Crippen LogP contribution in [-0.2, 0) is 12.7 Å². The zero-order valence-electron chi connectivity index (χ0n) is 16.2. The quantitative estimate of drug-likeness (QED) is 0.441. The van der Waals surface area contributed by atoms with Crippen molar-refractivity contribution in [2.75, 3.05) is 6.61 Å². The van der Waals surface area contributed by atoms with Crippen molar-refractivity contribution in [3.05, 3.63) is 71.9 Å². The summed E-state index contributed by atoms with van der Waals surface area (Å²) in [6, 6.07) is 10.7. The Labute approximate surface area is 177 Å². The number of carboxylic acid groups (broad SMARTS) is 1. The van der Waals surface area contributed by atoms with Gasteiger partial charge in [0.1, 0.15) is 6.61 Å². The van der Waals surface area contributed by atoms with Crippen molar-refractivity contribution in [1.29, 1.82) is 0 Å². The molecule has 0 aliphatic heterocycles. The largest absolute Gasteiger partial charge is 0.476 e. The summed E-state index contributed by atoms with van der Waals surface area (Å²) in [6.07, 6.45) is -2.90. The first-order valence-corrected chi connectivity index (χ1v) is 9.25. The first-order chi connectivity index (χ1) is 15.3. The van der Waals surface area contributed by atoms with Crippen molar-refractivity contribution in [3.8, 4) is 17.1 Å². The molecule has 0 spiro atoms. The third kappa shape index (κ3) is 4.09. The molecular formula is C21H14F4N4O3. The highest BCUT2D eigenvalue weighted by Gasteiger charge is 2.32. The van der Waals surface area contributed by atoms with Crippen LogP contribution in [0.1, 0.15) is 16.1 Å². The number of ether oxygens (including phenoxy) is 1. The lowest BCUT2D eigenvalue weighted by molar-refractivity contribution is -0.138. The Morgan fingerprint density at radius 3 is 2.53 bits per heavy atom. The first-order valence-electron chi connectivity index (χ1n) is 9.25. The Morgan fingerprint density at radius 2 is 1.88 bits per heavy atom. The lowest BCUT2D eigenvalue weighted by Gasteiger charge is -2.11. The average molecular weight is 446 g/mol. The van der Waals surface area contributed by atoms with Crippen molar-refractivity contribution in [1.82, 2.24) is 19.7 Å². The van der Waals surface area contributed by atoms with E-state index in [1.165, 1.54) is 10.9 Å². The van der Waals surface area contributed by atoms with Crippen molar-refractivity contribution in [2.24, 2.45) is 0 Å². The van der Waals surface area contributed by atoms with E-state index in [-0.39, 0.29) is 18.8 Å². The van der Waals surface area contributed by atoms with Crippen LogP contribution in [0.2, 0.25) is 0 Å². The molecule has 7 nitrogen and oxygen atoms in total. The van der Waals surface area contributed by atoms with Crippen LogP contribution in [0.25, 0.3) is 22.2 Å². The predicted molar refractivity (Wildman–Crippen MR) is 105 cm³/mol. The number of aromatic nitrogens is 4. The SMILES string of the molecule is O=C(O)c1nccc2nn(CCOc3ncc(C(F)(F)F)cc3F)c(-c3ccccc3)c12. The maximum atomic E-state index is 14.0. The first kappa shape index (κ1) is 21.2. The zero-order chi connectivity index (χ0) is 22.9. The molecule has 0 saturated heterocycles. The summed E-state index contributed by atoms with van der Waals surface area (Å²) < 4.78 is 58.7. The molecule has 0 amide bonds. The van der Waals surface area contributed by atoms with E-state index < -0.39 is 29.4 Å². The molecule has 1 N–H and O–H groups in total. The summed E-state index contributed by atoms with van der Waals surface area (Å²) in [7, 11) is 0. The standard InChI is InChI=1S/C21H14F4N4O3/c22-14-10-13(21(23,24)25)11-27-19(14)32-9-8-29-18(12-4-2-1-3-5-12)16-15(28-29)6-7-26-17(16)20(30)31/h1-7,10-11H,8-9H2,(H,30,31). The summed E-state index contributed by atoms with van der Waals surface area (Å²) in [6.45, 7) is -0.140. The van der Waals surface area contributed by atoms with Gasteiger partial charge in [0, 0.05) is 18.0 Å². The van der Waals surface area contributed by atoms with Gasteiger partial charge in [-0.1, -0.05) is 30.3 Å². The molecule has 11 heteroatoms. The molecule has 0 radical (unpaired) electrons. The smallest absolute Gasteiger partial charge is 0.417 e. The lowest BCUT2D eigenvalue weighted by Crippen LogP contribution is -2.13. The minimum atomic E-state index is -4.72. The molecule has 3 aromatic heterocycles. The van der Waals surface area contributed by atoms with Gasteiger partial charge in [0.15, 0.2) is 11.5 Å². The van der Waals surface area contributed by atoms with Gasteiger partial charge in [-0.2, -0.15) is 18.3 Å². The number of carboxylic acids is 1. The molecule has 1 aromatic carbocycles. The normalized spacial score (nSPS) is 11.6. The number of nitrogens with zero attached hydrogens (tertiary/aromatic N) is 4. The Balaban J connectivity index is 1.65. The second-order valence-corrected chi connectivity index (χ2v) is 6.65. The van der Waals surface area contributed by atoms with Gasteiger partial charge in [-0.3, -0.25) is 4.68 Å². The van der Waals surface area contributed by atoms with Crippen LogP contribution in [0.4, 0.5) is 17.6 Å². The molecule has 3 heterocycles. The van der Waals surface area contributed by atoms with E-state index in [2.05, 4.69) is 15.1 Å². The van der Waals surface area contributed by atoms with Crippen molar-refractivity contribution in [3.63, 3.8) is 0 Å². The van der Waals surface area contributed by atoms with Crippen LogP contribution in [-0.4, -0.2) is 37.4 Å². The van der Waals surface area contributed by atoms with E-state index in [4.69, 9.17) is 4.74 Å². The van der Waals surface area contributed by atoms with Crippen LogP contribution in [0.15, 0.2) is 54.9 Å². The van der Waals surface area contributed by atoms with E-state index >= 15 is 0 Å². The van der Waals surface area contributed by atoms with E-state index in [1.807, 2.05) is 0 Å². The van der Waals surface area contributed by atoms with Gasteiger partial charge in [0.25, 0.3) is 0 Å². The Hall–Kier alpha value is -4.02. The molecule has 0 unspecified atom stereocenters. The summed E-state index contributed by atoms with van der Waals surface area (Å²) >= 11 is 0. The highest BCUT2D eigenvalue weighted by Crippen LogP contribution is 2.32. The van der Waals surface area contributed by atoms with Gasteiger partial charge in [0.05, 0.1) is 28.7 Å². The molecule has 0 fully saturated rings. The molecular weight excluding hydrogens is 432 g/mol. The lowest BCUT2D eigenvalue weighted by atomic mass is 10.1. The number of fused-ring (bicyclic) bond motifs is 1. The van der Waals surface area contributed by atoms with Gasteiger partial charge in [-0.15, -0.1) is 0 Å². The molecule has 32 heavy (non-hydrogen) atoms. The summed E-state index contributed by atoms with van der Waals surface area (Å²) in [5, 5.41) is 14.3. The topological polar surface area (TPSA) is 90.1 Å². The molecule has 0 bridgehead atoms. The second-order valence-electron chi connectivity index (χ2n) is 6.65. The van der Waals surface area contributed by atoms with E-state index in [0.717, 1.165) is 0 Å². The highest BCUT2D eigenvalue weighted by atomic mass is 19.4. The van der Waals surface area contributed by atoms with Crippen LogP contribution in [0, 0.1) is 5.82 Å². The third-order valence-corrected chi connectivity index (χ3v) is 4.58. The summed E-state index contributed by atoms with van der Waals surface area (Å²) in [5.41, 5.74) is 0.125. The number of benzene rings is 1. The van der Waals surface area contributed by atoms with Crippen molar-refractivity contribution >= 4 is 16.9 Å². The maximum Gasteiger partial charge on any atom is 0.417 e. The number of alkyl halides is 3.